The quantitative estimate of drug-likeness (QED) is 0.0983. The van der Waals surface area contributed by atoms with E-state index < -0.39 is 34.4 Å². The Morgan fingerprint density at radius 3 is 2.20 bits per heavy atom. The fourth-order valence-corrected chi connectivity index (χ4v) is 5.38. The Morgan fingerprint density at radius 1 is 0.955 bits per heavy atom. The van der Waals surface area contributed by atoms with E-state index in [1.807, 2.05) is 36.4 Å². The van der Waals surface area contributed by atoms with Crippen molar-refractivity contribution in [1.82, 2.24) is 0 Å². The van der Waals surface area contributed by atoms with E-state index in [-0.39, 0.29) is 28.5 Å². The standard InChI is InChI=1S/C32H24F2N4O5S/c1-2-24(31(40)41)25-13-11-22(16-26(25)33)36-32-37-30(39)29(44-32)15-18-3-5-19(6-4-18)20-7-9-21(10-8-20)35-28-14-12-23(38(42)43)17-27(28)34/h3-17,24,35H,2H2,1H3,(H,40,41)(H,36,37,39)/b29-15+. The van der Waals surface area contributed by atoms with Crippen molar-refractivity contribution >= 4 is 57.6 Å². The van der Waals surface area contributed by atoms with Crippen molar-refractivity contribution in [2.45, 2.75) is 19.3 Å². The zero-order chi connectivity index (χ0) is 31.4. The second-order valence-electron chi connectivity index (χ2n) is 9.74. The highest BCUT2D eigenvalue weighted by Gasteiger charge is 2.24. The number of aliphatic carboxylic acids is 1. The van der Waals surface area contributed by atoms with Crippen LogP contribution < -0.4 is 10.6 Å². The summed E-state index contributed by atoms with van der Waals surface area (Å²) in [4.78, 5) is 38.4. The molecular formula is C32H24F2N4O5S. The summed E-state index contributed by atoms with van der Waals surface area (Å²) >= 11 is 1.11. The van der Waals surface area contributed by atoms with Crippen molar-refractivity contribution in [3.05, 3.63) is 123 Å². The summed E-state index contributed by atoms with van der Waals surface area (Å²) < 4.78 is 28.8. The molecule has 1 atom stereocenters. The minimum atomic E-state index is -1.10. The molecule has 0 radical (unpaired) electrons. The molecule has 0 aromatic heterocycles. The zero-order valence-corrected chi connectivity index (χ0v) is 23.9. The lowest BCUT2D eigenvalue weighted by Crippen LogP contribution is -2.13. The van der Waals surface area contributed by atoms with Gasteiger partial charge in [-0.3, -0.25) is 19.7 Å². The van der Waals surface area contributed by atoms with E-state index in [1.54, 1.807) is 31.2 Å². The second-order valence-corrected chi connectivity index (χ2v) is 10.8. The van der Waals surface area contributed by atoms with Crippen molar-refractivity contribution in [1.29, 1.82) is 0 Å². The molecule has 44 heavy (non-hydrogen) atoms. The maximum Gasteiger partial charge on any atom is 0.311 e. The van der Waals surface area contributed by atoms with Crippen LogP contribution in [0.2, 0.25) is 0 Å². The molecule has 222 valence electrons. The minimum absolute atomic E-state index is 0.0944. The molecule has 4 aromatic rings. The first-order valence-electron chi connectivity index (χ1n) is 13.3. The van der Waals surface area contributed by atoms with Crippen molar-refractivity contribution < 1.29 is 28.4 Å². The van der Waals surface area contributed by atoms with Gasteiger partial charge in [0.05, 0.1) is 27.5 Å². The lowest BCUT2D eigenvalue weighted by molar-refractivity contribution is -0.385. The predicted octanol–water partition coefficient (Wildman–Crippen LogP) is 7.94. The summed E-state index contributed by atoms with van der Waals surface area (Å²) in [7, 11) is 0. The van der Waals surface area contributed by atoms with E-state index in [0.29, 0.717) is 16.3 Å². The lowest BCUT2D eigenvalue weighted by atomic mass is 9.96. The average molecular weight is 615 g/mol. The predicted molar refractivity (Wildman–Crippen MR) is 167 cm³/mol. The van der Waals surface area contributed by atoms with Gasteiger partial charge in [-0.2, -0.15) is 4.99 Å². The van der Waals surface area contributed by atoms with Gasteiger partial charge in [-0.1, -0.05) is 49.4 Å². The number of nitro benzene ring substituents is 1. The number of carboxylic acid groups (broad SMARTS) is 1. The van der Waals surface area contributed by atoms with Gasteiger partial charge in [-0.25, -0.2) is 8.78 Å². The molecule has 0 fully saturated rings. The average Bonchev–Trinajstić information content (AvgIpc) is 3.33. The van der Waals surface area contributed by atoms with Crippen LogP contribution in [-0.2, 0) is 9.59 Å². The summed E-state index contributed by atoms with van der Waals surface area (Å²) in [5, 5.41) is 26.2. The van der Waals surface area contributed by atoms with E-state index in [4.69, 9.17) is 0 Å². The highest BCUT2D eigenvalue weighted by Crippen LogP contribution is 2.32. The fourth-order valence-electron chi connectivity index (χ4n) is 4.54. The number of amides is 1. The van der Waals surface area contributed by atoms with E-state index in [9.17, 15) is 33.6 Å². The van der Waals surface area contributed by atoms with Gasteiger partial charge in [-0.05, 0) is 71.3 Å². The molecule has 1 heterocycles. The van der Waals surface area contributed by atoms with Gasteiger partial charge in [0.1, 0.15) is 5.82 Å². The number of carbonyl (C=O) groups excluding carboxylic acids is 1. The molecular weight excluding hydrogens is 590 g/mol. The maximum atomic E-state index is 14.6. The molecule has 3 N–H and O–H groups in total. The number of hydrogen-bond donors (Lipinski definition) is 3. The molecule has 0 aliphatic carbocycles. The maximum absolute atomic E-state index is 14.6. The van der Waals surface area contributed by atoms with Crippen LogP contribution >= 0.6 is 11.8 Å². The van der Waals surface area contributed by atoms with Crippen LogP contribution in [-0.4, -0.2) is 27.1 Å². The number of rotatable bonds is 9. The third-order valence-corrected chi connectivity index (χ3v) is 7.72. The van der Waals surface area contributed by atoms with E-state index >= 15 is 0 Å². The largest absolute Gasteiger partial charge is 0.481 e. The topological polar surface area (TPSA) is 134 Å². The number of benzene rings is 4. The Morgan fingerprint density at radius 2 is 1.61 bits per heavy atom. The number of amidine groups is 1. The Labute approximate surface area is 254 Å². The van der Waals surface area contributed by atoms with Gasteiger partial charge in [0.15, 0.2) is 11.0 Å². The molecule has 1 aliphatic rings. The molecule has 1 amide bonds. The Bertz CT molecular complexity index is 1830. The van der Waals surface area contributed by atoms with Gasteiger partial charge in [-0.15, -0.1) is 0 Å². The number of non-ortho nitro benzene ring substituents is 1. The van der Waals surface area contributed by atoms with Crippen LogP contribution in [0.4, 0.5) is 31.5 Å². The number of halogens is 2. The summed E-state index contributed by atoms with van der Waals surface area (Å²) in [6.45, 7) is 1.67. The first-order chi connectivity index (χ1) is 21.1. The summed E-state index contributed by atoms with van der Waals surface area (Å²) in [5.74, 6) is -3.86. The summed E-state index contributed by atoms with van der Waals surface area (Å²) in [6, 6.07) is 22.3. The smallest absolute Gasteiger partial charge is 0.311 e. The fraction of sp³-hybridized carbons (Fsp3) is 0.0938. The third kappa shape index (κ3) is 6.81. The van der Waals surface area contributed by atoms with Crippen LogP contribution in [0.5, 0.6) is 0 Å². The summed E-state index contributed by atoms with van der Waals surface area (Å²) in [6.07, 6.45) is 1.95. The van der Waals surface area contributed by atoms with Gasteiger partial charge < -0.3 is 15.7 Å². The number of carboxylic acids is 1. The monoisotopic (exact) mass is 614 g/mol. The molecule has 12 heteroatoms. The highest BCUT2D eigenvalue weighted by molar-refractivity contribution is 8.18. The Balaban J connectivity index is 1.21. The molecule has 0 spiro atoms. The summed E-state index contributed by atoms with van der Waals surface area (Å²) in [5.41, 5.74) is 3.40. The normalized spacial score (nSPS) is 14.3. The van der Waals surface area contributed by atoms with Crippen molar-refractivity contribution in [2.75, 3.05) is 10.6 Å². The molecule has 4 aromatic carbocycles. The Hall–Kier alpha value is -5.36. The number of nitrogens with zero attached hydrogens (tertiary/aromatic N) is 2. The van der Waals surface area contributed by atoms with Crippen LogP contribution in [0.3, 0.4) is 0 Å². The molecule has 0 bridgehead atoms. The number of aliphatic imine (C=N–C) groups is 1. The van der Waals surface area contributed by atoms with Gasteiger partial charge in [0, 0.05) is 23.0 Å². The lowest BCUT2D eigenvalue weighted by Gasteiger charge is -2.13. The number of hydrogen-bond acceptors (Lipinski definition) is 7. The van der Waals surface area contributed by atoms with Gasteiger partial charge in [0.2, 0.25) is 0 Å². The van der Waals surface area contributed by atoms with Crippen LogP contribution in [0, 0.1) is 21.7 Å². The molecule has 1 unspecified atom stereocenters. The highest BCUT2D eigenvalue weighted by atomic mass is 32.2. The number of thioether (sulfide) groups is 1. The third-order valence-electron chi connectivity index (χ3n) is 6.82. The second kappa shape index (κ2) is 12.9. The molecule has 5 rings (SSSR count). The minimum Gasteiger partial charge on any atom is -0.481 e. The van der Waals surface area contributed by atoms with Crippen LogP contribution in [0.1, 0.15) is 30.4 Å². The number of nitrogens with one attached hydrogen (secondary N) is 2. The van der Waals surface area contributed by atoms with E-state index in [2.05, 4.69) is 15.6 Å². The van der Waals surface area contributed by atoms with E-state index in [1.165, 1.54) is 24.3 Å². The first kappa shape index (κ1) is 30.1. The number of nitro groups is 1. The molecule has 9 nitrogen and oxygen atoms in total. The van der Waals surface area contributed by atoms with Crippen molar-refractivity contribution in [3.8, 4) is 11.1 Å². The molecule has 1 aliphatic heterocycles. The SMILES string of the molecule is CCC(C(=O)O)c1ccc(NC2=NC(=O)/C(=C\c3ccc(-c4ccc(Nc5ccc([N+](=O)[O-])cc5F)cc4)cc3)S2)cc1F. The van der Waals surface area contributed by atoms with Gasteiger partial charge in [0.25, 0.3) is 11.6 Å². The number of carbonyl (C=O) groups is 2. The van der Waals surface area contributed by atoms with Crippen LogP contribution in [0.25, 0.3) is 17.2 Å². The number of anilines is 3. The van der Waals surface area contributed by atoms with Crippen molar-refractivity contribution in [2.24, 2.45) is 4.99 Å². The Kier molecular flexibility index (Phi) is 8.81. The first-order valence-corrected chi connectivity index (χ1v) is 14.2. The van der Waals surface area contributed by atoms with Crippen LogP contribution in [0.15, 0.2) is 94.8 Å². The van der Waals surface area contributed by atoms with Crippen molar-refractivity contribution in [3.63, 3.8) is 0 Å². The molecule has 0 saturated carbocycles. The van der Waals surface area contributed by atoms with Gasteiger partial charge >= 0.3 is 5.97 Å². The molecule has 0 saturated heterocycles. The zero-order valence-electron chi connectivity index (χ0n) is 23.1. The van der Waals surface area contributed by atoms with E-state index in [0.717, 1.165) is 34.5 Å².